The number of benzene rings is 1. The summed E-state index contributed by atoms with van der Waals surface area (Å²) in [7, 11) is -2.38. The van der Waals surface area contributed by atoms with Gasteiger partial charge >= 0.3 is 0 Å². The van der Waals surface area contributed by atoms with Crippen LogP contribution in [0, 0.1) is 11.8 Å². The van der Waals surface area contributed by atoms with Crippen molar-refractivity contribution in [1.82, 2.24) is 9.62 Å². The van der Waals surface area contributed by atoms with E-state index >= 15 is 0 Å². The van der Waals surface area contributed by atoms with Crippen molar-refractivity contribution in [2.24, 2.45) is 11.8 Å². The number of sulfonamides is 1. The van der Waals surface area contributed by atoms with Gasteiger partial charge in [-0.3, -0.25) is 4.79 Å². The summed E-state index contributed by atoms with van der Waals surface area (Å²) >= 11 is 5.95. The van der Waals surface area contributed by atoms with Crippen molar-refractivity contribution in [2.45, 2.75) is 25.2 Å². The Balaban J connectivity index is 2.33. The van der Waals surface area contributed by atoms with E-state index in [1.54, 1.807) is 11.0 Å². The Morgan fingerprint density at radius 2 is 1.86 bits per heavy atom. The van der Waals surface area contributed by atoms with Gasteiger partial charge in [-0.05, 0) is 43.5 Å². The predicted molar refractivity (Wildman–Crippen MR) is 86.5 cm³/mol. The summed E-state index contributed by atoms with van der Waals surface area (Å²) in [5.74, 6) is 0.739. The highest BCUT2D eigenvalue weighted by molar-refractivity contribution is 7.89. The SMILES string of the molecule is CNS(=O)(=O)c1cc(C(=O)N2C[C@H](C)C[C@H](C)C2)ccc1Cl. The lowest BCUT2D eigenvalue weighted by Crippen LogP contribution is -2.42. The average molecular weight is 345 g/mol. The van der Waals surface area contributed by atoms with E-state index in [0.29, 0.717) is 30.5 Å². The number of halogens is 1. The number of piperidine rings is 1. The van der Waals surface area contributed by atoms with Gasteiger partial charge in [-0.2, -0.15) is 0 Å². The number of amides is 1. The van der Waals surface area contributed by atoms with Gasteiger partial charge in [0.2, 0.25) is 10.0 Å². The predicted octanol–water partition coefficient (Wildman–Crippen LogP) is 2.37. The van der Waals surface area contributed by atoms with E-state index in [-0.39, 0.29) is 15.8 Å². The largest absolute Gasteiger partial charge is 0.338 e. The summed E-state index contributed by atoms with van der Waals surface area (Å²) in [6.07, 6.45) is 1.10. The Kier molecular flexibility index (Phi) is 5.14. The highest BCUT2D eigenvalue weighted by atomic mass is 35.5. The van der Waals surface area contributed by atoms with E-state index in [9.17, 15) is 13.2 Å². The minimum absolute atomic E-state index is 0.0689. The maximum absolute atomic E-state index is 12.6. The van der Waals surface area contributed by atoms with Crippen LogP contribution in [0.4, 0.5) is 0 Å². The van der Waals surface area contributed by atoms with Gasteiger partial charge in [-0.25, -0.2) is 13.1 Å². The molecule has 0 radical (unpaired) electrons. The number of hydrogen-bond acceptors (Lipinski definition) is 3. The molecule has 22 heavy (non-hydrogen) atoms. The van der Waals surface area contributed by atoms with Crippen molar-refractivity contribution in [1.29, 1.82) is 0 Å². The normalized spacial score (nSPS) is 22.6. The Morgan fingerprint density at radius 3 is 2.41 bits per heavy atom. The molecule has 1 fully saturated rings. The molecule has 7 heteroatoms. The molecule has 1 amide bonds. The van der Waals surface area contributed by atoms with Crippen LogP contribution in [0.5, 0.6) is 0 Å². The van der Waals surface area contributed by atoms with Crippen molar-refractivity contribution in [3.8, 4) is 0 Å². The van der Waals surface area contributed by atoms with Gasteiger partial charge < -0.3 is 4.90 Å². The second kappa shape index (κ2) is 6.56. The Labute approximate surface area is 136 Å². The van der Waals surface area contributed by atoms with Crippen molar-refractivity contribution in [3.63, 3.8) is 0 Å². The third-order valence-corrected chi connectivity index (χ3v) is 5.79. The first-order valence-corrected chi connectivity index (χ1v) is 9.13. The van der Waals surface area contributed by atoms with Crippen LogP contribution < -0.4 is 4.72 Å². The lowest BCUT2D eigenvalue weighted by molar-refractivity contribution is 0.0623. The molecule has 5 nitrogen and oxygen atoms in total. The molecule has 0 spiro atoms. The van der Waals surface area contributed by atoms with Crippen molar-refractivity contribution in [3.05, 3.63) is 28.8 Å². The number of hydrogen-bond donors (Lipinski definition) is 1. The lowest BCUT2D eigenvalue weighted by atomic mass is 9.91. The van der Waals surface area contributed by atoms with Crippen LogP contribution in [-0.2, 0) is 10.0 Å². The van der Waals surface area contributed by atoms with Crippen LogP contribution in [0.2, 0.25) is 5.02 Å². The molecule has 1 aliphatic heterocycles. The fourth-order valence-electron chi connectivity index (χ4n) is 2.96. The number of nitrogens with one attached hydrogen (secondary N) is 1. The van der Waals surface area contributed by atoms with Gasteiger partial charge in [-0.15, -0.1) is 0 Å². The molecule has 1 heterocycles. The van der Waals surface area contributed by atoms with Gasteiger partial charge in [0, 0.05) is 18.7 Å². The minimum Gasteiger partial charge on any atom is -0.338 e. The maximum atomic E-state index is 12.6. The van der Waals surface area contributed by atoms with Crippen LogP contribution in [0.25, 0.3) is 0 Å². The molecule has 1 aliphatic rings. The molecule has 0 bridgehead atoms. The zero-order valence-corrected chi connectivity index (χ0v) is 14.5. The van der Waals surface area contributed by atoms with Crippen LogP contribution >= 0.6 is 11.6 Å². The monoisotopic (exact) mass is 344 g/mol. The first-order valence-electron chi connectivity index (χ1n) is 7.27. The van der Waals surface area contributed by atoms with Crippen LogP contribution in [-0.4, -0.2) is 39.4 Å². The summed E-state index contributed by atoms with van der Waals surface area (Å²) in [4.78, 5) is 14.4. The van der Waals surface area contributed by atoms with E-state index in [1.165, 1.54) is 19.2 Å². The Morgan fingerprint density at radius 1 is 1.27 bits per heavy atom. The van der Waals surface area contributed by atoms with E-state index in [0.717, 1.165) is 6.42 Å². The van der Waals surface area contributed by atoms with Crippen LogP contribution in [0.3, 0.4) is 0 Å². The molecule has 1 aromatic rings. The van der Waals surface area contributed by atoms with Crippen molar-refractivity contribution < 1.29 is 13.2 Å². The van der Waals surface area contributed by atoms with Crippen LogP contribution in [0.15, 0.2) is 23.1 Å². The molecule has 0 saturated carbocycles. The second-order valence-corrected chi connectivity index (χ2v) is 8.27. The maximum Gasteiger partial charge on any atom is 0.253 e. The zero-order chi connectivity index (χ0) is 16.5. The number of carbonyl (C=O) groups excluding carboxylic acids is 1. The first-order chi connectivity index (χ1) is 10.2. The quantitative estimate of drug-likeness (QED) is 0.915. The summed E-state index contributed by atoms with van der Waals surface area (Å²) in [5.41, 5.74) is 0.347. The Hall–Kier alpha value is -1.11. The third-order valence-electron chi connectivity index (χ3n) is 3.89. The number of likely N-dealkylation sites (tertiary alicyclic amines) is 1. The number of rotatable bonds is 3. The highest BCUT2D eigenvalue weighted by Gasteiger charge is 2.27. The van der Waals surface area contributed by atoms with Crippen LogP contribution in [0.1, 0.15) is 30.6 Å². The Bertz CT molecular complexity index is 665. The van der Waals surface area contributed by atoms with E-state index in [4.69, 9.17) is 11.6 Å². The van der Waals surface area contributed by atoms with E-state index in [1.807, 2.05) is 0 Å². The molecule has 122 valence electrons. The third kappa shape index (κ3) is 3.62. The molecule has 0 unspecified atom stereocenters. The second-order valence-electron chi connectivity index (χ2n) is 6.01. The van der Waals surface area contributed by atoms with Crippen molar-refractivity contribution in [2.75, 3.05) is 20.1 Å². The smallest absolute Gasteiger partial charge is 0.253 e. The number of nitrogens with zero attached hydrogens (tertiary/aromatic N) is 1. The zero-order valence-electron chi connectivity index (χ0n) is 13.0. The molecule has 1 saturated heterocycles. The lowest BCUT2D eigenvalue weighted by Gasteiger charge is -2.35. The molecule has 2 atom stereocenters. The highest BCUT2D eigenvalue weighted by Crippen LogP contribution is 2.26. The van der Waals surface area contributed by atoms with E-state index < -0.39 is 10.0 Å². The molecular formula is C15H21ClN2O3S. The molecule has 1 N–H and O–H groups in total. The topological polar surface area (TPSA) is 66.5 Å². The summed E-state index contributed by atoms with van der Waals surface area (Å²) < 4.78 is 26.1. The van der Waals surface area contributed by atoms with E-state index in [2.05, 4.69) is 18.6 Å². The molecule has 0 aromatic heterocycles. The first kappa shape index (κ1) is 17.2. The summed E-state index contributed by atoms with van der Waals surface area (Å²) in [6, 6.07) is 4.37. The molecule has 0 aliphatic carbocycles. The van der Waals surface area contributed by atoms with Gasteiger partial charge in [0.25, 0.3) is 5.91 Å². The van der Waals surface area contributed by atoms with Crippen molar-refractivity contribution >= 4 is 27.5 Å². The molecule has 1 aromatic carbocycles. The fraction of sp³-hybridized carbons (Fsp3) is 0.533. The summed E-state index contributed by atoms with van der Waals surface area (Å²) in [5, 5.41) is 0.103. The number of carbonyl (C=O) groups is 1. The standard InChI is InChI=1S/C15H21ClN2O3S/c1-10-6-11(2)9-18(8-10)15(19)12-4-5-13(16)14(7-12)22(20,21)17-3/h4-5,7,10-11,17H,6,8-9H2,1-3H3/t10-,11+. The minimum atomic E-state index is -3.69. The molecule has 2 rings (SSSR count). The fourth-order valence-corrected chi connectivity index (χ4v) is 4.21. The van der Waals surface area contributed by atoms with Gasteiger partial charge in [0.1, 0.15) is 4.90 Å². The average Bonchev–Trinajstić information content (AvgIpc) is 2.45. The van der Waals surface area contributed by atoms with Gasteiger partial charge in [0.05, 0.1) is 5.02 Å². The van der Waals surface area contributed by atoms with Gasteiger partial charge in [-0.1, -0.05) is 25.4 Å². The summed E-state index contributed by atoms with van der Waals surface area (Å²) in [6.45, 7) is 5.63. The molecular weight excluding hydrogens is 324 g/mol. The van der Waals surface area contributed by atoms with Gasteiger partial charge in [0.15, 0.2) is 0 Å².